The summed E-state index contributed by atoms with van der Waals surface area (Å²) >= 11 is 3.35. The maximum atomic E-state index is 12.0. The summed E-state index contributed by atoms with van der Waals surface area (Å²) in [6.45, 7) is 0.246. The van der Waals surface area contributed by atoms with Crippen molar-refractivity contribution in [1.82, 2.24) is 0 Å². The van der Waals surface area contributed by atoms with Gasteiger partial charge in [0.25, 0.3) is 0 Å². The van der Waals surface area contributed by atoms with Crippen LogP contribution < -0.4 is 9.47 Å². The summed E-state index contributed by atoms with van der Waals surface area (Å²) in [6.07, 6.45) is 1.47. The van der Waals surface area contributed by atoms with Gasteiger partial charge in [-0.05, 0) is 42.0 Å². The van der Waals surface area contributed by atoms with E-state index < -0.39 is 5.97 Å². The monoisotopic (exact) mass is 401 g/mol. The maximum Gasteiger partial charge on any atom is 0.349 e. The molecule has 2 rings (SSSR count). The van der Waals surface area contributed by atoms with Gasteiger partial charge in [-0.25, -0.2) is 4.79 Å². The van der Waals surface area contributed by atoms with Crippen LogP contribution in [0.2, 0.25) is 0 Å². The van der Waals surface area contributed by atoms with Crippen LogP contribution in [0.3, 0.4) is 0 Å². The summed E-state index contributed by atoms with van der Waals surface area (Å²) in [6, 6.07) is 16.2. The summed E-state index contributed by atoms with van der Waals surface area (Å²) in [4.78, 5) is 12.0. The van der Waals surface area contributed by atoms with Crippen LogP contribution in [0.15, 0.2) is 58.6 Å². The van der Waals surface area contributed by atoms with E-state index in [2.05, 4.69) is 15.9 Å². The minimum Gasteiger partial charge on any atom is -0.497 e. The number of nitriles is 1. The molecule has 0 N–H and O–H groups in total. The van der Waals surface area contributed by atoms with Crippen LogP contribution in [0.25, 0.3) is 6.08 Å². The van der Waals surface area contributed by atoms with Crippen LogP contribution >= 0.6 is 15.9 Å². The Bertz CT molecular complexity index is 794. The Hall–Kier alpha value is -2.78. The largest absolute Gasteiger partial charge is 0.497 e. The number of nitrogens with zero attached hydrogens (tertiary/aromatic N) is 1. The highest BCUT2D eigenvalue weighted by Gasteiger charge is 2.10. The van der Waals surface area contributed by atoms with Gasteiger partial charge in [0.15, 0.2) is 0 Å². The molecule has 0 saturated heterocycles. The minimum atomic E-state index is -0.684. The zero-order valence-electron chi connectivity index (χ0n) is 13.6. The molecule has 0 fully saturated rings. The van der Waals surface area contributed by atoms with Crippen molar-refractivity contribution < 1.29 is 19.0 Å². The van der Waals surface area contributed by atoms with E-state index in [1.54, 1.807) is 37.4 Å². The Balaban J connectivity index is 1.87. The summed E-state index contributed by atoms with van der Waals surface area (Å²) in [5, 5.41) is 9.14. The molecule has 0 amide bonds. The van der Waals surface area contributed by atoms with Gasteiger partial charge in [0, 0.05) is 4.47 Å². The van der Waals surface area contributed by atoms with Crippen LogP contribution in [-0.2, 0) is 9.53 Å². The fourth-order valence-electron chi connectivity index (χ4n) is 1.93. The van der Waals surface area contributed by atoms with E-state index in [-0.39, 0.29) is 18.8 Å². The number of ether oxygens (including phenoxy) is 3. The van der Waals surface area contributed by atoms with Crippen LogP contribution in [0, 0.1) is 11.3 Å². The number of carbonyl (C=O) groups is 1. The zero-order valence-corrected chi connectivity index (χ0v) is 15.2. The Morgan fingerprint density at radius 3 is 2.56 bits per heavy atom. The van der Waals surface area contributed by atoms with Crippen molar-refractivity contribution >= 4 is 28.0 Å². The number of hydrogen-bond acceptors (Lipinski definition) is 5. The van der Waals surface area contributed by atoms with Crippen LogP contribution in [-0.4, -0.2) is 26.3 Å². The lowest BCUT2D eigenvalue weighted by atomic mass is 10.1. The predicted octanol–water partition coefficient (Wildman–Crippen LogP) is 3.99. The molecule has 0 aliphatic rings. The lowest BCUT2D eigenvalue weighted by Gasteiger charge is -2.07. The Kier molecular flexibility index (Phi) is 7.05. The second kappa shape index (κ2) is 9.50. The second-order valence-corrected chi connectivity index (χ2v) is 5.80. The molecule has 2 aromatic carbocycles. The molecule has 0 heterocycles. The van der Waals surface area contributed by atoms with Gasteiger partial charge in [-0.3, -0.25) is 0 Å². The quantitative estimate of drug-likeness (QED) is 0.303. The standard InChI is InChI=1S/C19H16BrNO4/c1-23-17-7-5-14(6-8-17)11-15(13-21)19(22)25-10-9-24-18-4-2-3-16(20)12-18/h2-8,11-12H,9-10H2,1H3/b15-11+. The van der Waals surface area contributed by atoms with E-state index in [0.29, 0.717) is 17.1 Å². The zero-order chi connectivity index (χ0) is 18.1. The third-order valence-corrected chi connectivity index (χ3v) is 3.64. The first-order chi connectivity index (χ1) is 12.1. The molecular weight excluding hydrogens is 386 g/mol. The molecule has 5 nitrogen and oxygen atoms in total. The van der Waals surface area contributed by atoms with Crippen molar-refractivity contribution in [3.63, 3.8) is 0 Å². The summed E-state index contributed by atoms with van der Waals surface area (Å²) in [5.41, 5.74) is 0.632. The molecule has 0 aliphatic carbocycles. The summed E-state index contributed by atoms with van der Waals surface area (Å²) in [7, 11) is 1.57. The highest BCUT2D eigenvalue weighted by molar-refractivity contribution is 9.10. The summed E-state index contributed by atoms with van der Waals surface area (Å²) < 4.78 is 16.5. The topological polar surface area (TPSA) is 68.5 Å². The lowest BCUT2D eigenvalue weighted by molar-refractivity contribution is -0.139. The average Bonchev–Trinajstić information content (AvgIpc) is 2.63. The highest BCUT2D eigenvalue weighted by atomic mass is 79.9. The Labute approximate surface area is 154 Å². The summed E-state index contributed by atoms with van der Waals surface area (Å²) in [5.74, 6) is 0.679. The highest BCUT2D eigenvalue weighted by Crippen LogP contribution is 2.17. The number of esters is 1. The number of rotatable bonds is 7. The van der Waals surface area contributed by atoms with Crippen LogP contribution in [0.4, 0.5) is 0 Å². The minimum absolute atomic E-state index is 0.0486. The molecule has 0 bridgehead atoms. The van der Waals surface area contributed by atoms with E-state index in [9.17, 15) is 4.79 Å². The van der Waals surface area contributed by atoms with Gasteiger partial charge in [0.05, 0.1) is 7.11 Å². The predicted molar refractivity (Wildman–Crippen MR) is 97.2 cm³/mol. The fraction of sp³-hybridized carbons (Fsp3) is 0.158. The van der Waals surface area contributed by atoms with Gasteiger partial charge in [0.2, 0.25) is 0 Å². The van der Waals surface area contributed by atoms with E-state index in [4.69, 9.17) is 19.5 Å². The van der Waals surface area contributed by atoms with E-state index in [1.807, 2.05) is 24.3 Å². The third-order valence-electron chi connectivity index (χ3n) is 3.15. The van der Waals surface area contributed by atoms with Gasteiger partial charge in [-0.2, -0.15) is 5.26 Å². The van der Waals surface area contributed by atoms with Crippen LogP contribution in [0.1, 0.15) is 5.56 Å². The lowest BCUT2D eigenvalue weighted by Crippen LogP contribution is -2.13. The van der Waals surface area contributed by atoms with E-state index >= 15 is 0 Å². The number of halogens is 1. The molecule has 6 heteroatoms. The molecule has 128 valence electrons. The maximum absolute atomic E-state index is 12.0. The molecular formula is C19H16BrNO4. The first kappa shape index (κ1) is 18.6. The normalized spacial score (nSPS) is 10.7. The van der Waals surface area contributed by atoms with Gasteiger partial charge in [0.1, 0.15) is 36.4 Å². The van der Waals surface area contributed by atoms with Gasteiger partial charge >= 0.3 is 5.97 Å². The first-order valence-corrected chi connectivity index (χ1v) is 8.23. The molecule has 0 saturated carbocycles. The van der Waals surface area contributed by atoms with Crippen molar-refractivity contribution in [3.05, 3.63) is 64.1 Å². The van der Waals surface area contributed by atoms with Crippen molar-refractivity contribution in [3.8, 4) is 17.6 Å². The third kappa shape index (κ3) is 5.98. The molecule has 0 unspecified atom stereocenters. The molecule has 0 radical (unpaired) electrons. The molecule has 2 aromatic rings. The number of carbonyl (C=O) groups excluding carboxylic acids is 1. The molecule has 0 atom stereocenters. The number of benzene rings is 2. The molecule has 0 aromatic heterocycles. The van der Waals surface area contributed by atoms with Crippen molar-refractivity contribution in [2.45, 2.75) is 0 Å². The van der Waals surface area contributed by atoms with Crippen molar-refractivity contribution in [2.24, 2.45) is 0 Å². The van der Waals surface area contributed by atoms with E-state index in [1.165, 1.54) is 6.08 Å². The van der Waals surface area contributed by atoms with Crippen molar-refractivity contribution in [2.75, 3.05) is 20.3 Å². The number of methoxy groups -OCH3 is 1. The second-order valence-electron chi connectivity index (χ2n) is 4.88. The Morgan fingerprint density at radius 2 is 1.92 bits per heavy atom. The van der Waals surface area contributed by atoms with Gasteiger partial charge in [-0.15, -0.1) is 0 Å². The number of hydrogen-bond donors (Lipinski definition) is 0. The SMILES string of the molecule is COc1ccc(/C=C(\C#N)C(=O)OCCOc2cccc(Br)c2)cc1. The average molecular weight is 402 g/mol. The van der Waals surface area contributed by atoms with Gasteiger partial charge in [-0.1, -0.05) is 34.1 Å². The van der Waals surface area contributed by atoms with Crippen LogP contribution in [0.5, 0.6) is 11.5 Å². The first-order valence-electron chi connectivity index (χ1n) is 7.43. The molecule has 25 heavy (non-hydrogen) atoms. The molecule has 0 aliphatic heterocycles. The van der Waals surface area contributed by atoms with Crippen molar-refractivity contribution in [1.29, 1.82) is 5.26 Å². The fourth-order valence-corrected chi connectivity index (χ4v) is 2.31. The smallest absolute Gasteiger partial charge is 0.349 e. The molecule has 0 spiro atoms. The van der Waals surface area contributed by atoms with Gasteiger partial charge < -0.3 is 14.2 Å². The van der Waals surface area contributed by atoms with E-state index in [0.717, 1.165) is 4.47 Å². The Morgan fingerprint density at radius 1 is 1.16 bits per heavy atom.